The van der Waals surface area contributed by atoms with Gasteiger partial charge < -0.3 is 0 Å². The first-order chi connectivity index (χ1) is 8.79. The lowest BCUT2D eigenvalue weighted by Gasteiger charge is -2.02. The second kappa shape index (κ2) is 6.05. The zero-order chi connectivity index (χ0) is 12.8. The Hall–Kier alpha value is -2.03. The van der Waals surface area contributed by atoms with Crippen LogP contribution in [0.15, 0.2) is 49.3 Å². The highest BCUT2D eigenvalue weighted by Gasteiger charge is 2.01. The van der Waals surface area contributed by atoms with Crippen LogP contribution < -0.4 is 0 Å². The number of hydrogen-bond acceptors (Lipinski definition) is 2. The molecule has 0 N–H and O–H groups in total. The normalized spacial score (nSPS) is 10.3. The lowest BCUT2D eigenvalue weighted by molar-refractivity contribution is 0.628. The van der Waals surface area contributed by atoms with Crippen LogP contribution in [-0.2, 0) is 6.42 Å². The molecule has 0 saturated heterocycles. The second-order valence-corrected chi connectivity index (χ2v) is 4.10. The van der Waals surface area contributed by atoms with Gasteiger partial charge in [0.25, 0.3) is 0 Å². The van der Waals surface area contributed by atoms with Gasteiger partial charge in [-0.2, -0.15) is 0 Å². The number of unbranched alkanes of at least 4 members (excludes halogenated alkanes) is 1. The number of benzene rings is 1. The Morgan fingerprint density at radius 1 is 1.11 bits per heavy atom. The van der Waals surface area contributed by atoms with E-state index in [1.165, 1.54) is 12.1 Å². The Morgan fingerprint density at radius 2 is 1.78 bits per heavy atom. The number of hydrogen-bond donors (Lipinski definition) is 0. The molecular weight excluding hydrogens is 227 g/mol. The summed E-state index contributed by atoms with van der Waals surface area (Å²) in [4.78, 5) is 8.60. The van der Waals surface area contributed by atoms with E-state index >= 15 is 0 Å². The molecule has 1 heterocycles. The van der Waals surface area contributed by atoms with E-state index in [1.54, 1.807) is 12.1 Å². The summed E-state index contributed by atoms with van der Waals surface area (Å²) in [6, 6.07) is 6.19. The van der Waals surface area contributed by atoms with Crippen molar-refractivity contribution in [1.82, 2.24) is 9.97 Å². The monoisotopic (exact) mass is 242 g/mol. The number of rotatable bonds is 5. The van der Waals surface area contributed by atoms with Gasteiger partial charge in [-0.25, -0.2) is 14.4 Å². The van der Waals surface area contributed by atoms with Crippen LogP contribution in [0.5, 0.6) is 0 Å². The average molecular weight is 242 g/mol. The highest BCUT2D eigenvalue weighted by molar-refractivity contribution is 5.54. The molecule has 0 bridgehead atoms. The largest absolute Gasteiger partial charge is 0.236 e. The Balaban J connectivity index is 2.07. The van der Waals surface area contributed by atoms with Gasteiger partial charge in [0.15, 0.2) is 5.82 Å². The highest BCUT2D eigenvalue weighted by atomic mass is 19.1. The third-order valence-corrected chi connectivity index (χ3v) is 2.68. The van der Waals surface area contributed by atoms with E-state index in [9.17, 15) is 4.39 Å². The molecule has 0 saturated carbocycles. The van der Waals surface area contributed by atoms with Gasteiger partial charge in [0.1, 0.15) is 5.82 Å². The Labute approximate surface area is 106 Å². The quantitative estimate of drug-likeness (QED) is 0.589. The molecule has 0 aliphatic heterocycles. The lowest BCUT2D eigenvalue weighted by atomic mass is 10.1. The van der Waals surface area contributed by atoms with Crippen LogP contribution >= 0.6 is 0 Å². The van der Waals surface area contributed by atoms with Crippen molar-refractivity contribution in [3.05, 3.63) is 60.7 Å². The van der Waals surface area contributed by atoms with Gasteiger partial charge in [-0.15, -0.1) is 6.58 Å². The van der Waals surface area contributed by atoms with Crippen molar-refractivity contribution in [1.29, 1.82) is 0 Å². The molecule has 0 radical (unpaired) electrons. The van der Waals surface area contributed by atoms with Gasteiger partial charge in [0.2, 0.25) is 0 Å². The number of aryl methyl sites for hydroxylation is 1. The van der Waals surface area contributed by atoms with Crippen molar-refractivity contribution in [2.75, 3.05) is 0 Å². The summed E-state index contributed by atoms with van der Waals surface area (Å²) in [7, 11) is 0. The molecule has 2 rings (SSSR count). The van der Waals surface area contributed by atoms with Gasteiger partial charge in [0, 0.05) is 18.0 Å². The fourth-order valence-electron chi connectivity index (χ4n) is 1.68. The van der Waals surface area contributed by atoms with Crippen molar-refractivity contribution in [3.8, 4) is 11.4 Å². The average Bonchev–Trinajstić information content (AvgIpc) is 2.41. The summed E-state index contributed by atoms with van der Waals surface area (Å²) in [5.74, 6) is 0.377. The Morgan fingerprint density at radius 3 is 2.39 bits per heavy atom. The maximum atomic E-state index is 12.8. The molecule has 1 aromatic carbocycles. The summed E-state index contributed by atoms with van der Waals surface area (Å²) in [5.41, 5.74) is 1.94. The first kappa shape index (κ1) is 12.4. The fourth-order valence-corrected chi connectivity index (χ4v) is 1.68. The van der Waals surface area contributed by atoms with Crippen LogP contribution in [0.2, 0.25) is 0 Å². The van der Waals surface area contributed by atoms with E-state index in [2.05, 4.69) is 16.5 Å². The van der Waals surface area contributed by atoms with Crippen molar-refractivity contribution >= 4 is 0 Å². The third-order valence-electron chi connectivity index (χ3n) is 2.68. The van der Waals surface area contributed by atoms with E-state index in [-0.39, 0.29) is 5.82 Å². The van der Waals surface area contributed by atoms with Crippen LogP contribution in [0.1, 0.15) is 18.4 Å². The van der Waals surface area contributed by atoms with Crippen molar-refractivity contribution in [2.24, 2.45) is 0 Å². The summed E-state index contributed by atoms with van der Waals surface area (Å²) >= 11 is 0. The molecule has 0 atom stereocenters. The minimum absolute atomic E-state index is 0.250. The molecule has 0 spiro atoms. The van der Waals surface area contributed by atoms with Crippen LogP contribution in [0.25, 0.3) is 11.4 Å². The SMILES string of the molecule is C=CCCCc1cnc(-c2ccc(F)cc2)nc1. The zero-order valence-electron chi connectivity index (χ0n) is 10.1. The van der Waals surface area contributed by atoms with E-state index in [0.29, 0.717) is 5.82 Å². The van der Waals surface area contributed by atoms with Crippen LogP contribution in [0.4, 0.5) is 4.39 Å². The maximum Gasteiger partial charge on any atom is 0.159 e. The predicted octanol–water partition coefficient (Wildman–Crippen LogP) is 3.79. The van der Waals surface area contributed by atoms with Crippen LogP contribution in [-0.4, -0.2) is 9.97 Å². The molecule has 2 aromatic rings. The van der Waals surface area contributed by atoms with Gasteiger partial charge in [-0.3, -0.25) is 0 Å². The van der Waals surface area contributed by atoms with E-state index < -0.39 is 0 Å². The number of allylic oxidation sites excluding steroid dienone is 1. The molecule has 1 aromatic heterocycles. The summed E-state index contributed by atoms with van der Waals surface area (Å²) < 4.78 is 12.8. The Kier molecular flexibility index (Phi) is 4.18. The van der Waals surface area contributed by atoms with Gasteiger partial charge >= 0.3 is 0 Å². The predicted molar refractivity (Wildman–Crippen MR) is 70.6 cm³/mol. The van der Waals surface area contributed by atoms with Gasteiger partial charge in [-0.1, -0.05) is 6.08 Å². The summed E-state index contributed by atoms with van der Waals surface area (Å²) in [6.45, 7) is 3.69. The first-order valence-electron chi connectivity index (χ1n) is 5.97. The second-order valence-electron chi connectivity index (χ2n) is 4.10. The molecule has 2 nitrogen and oxygen atoms in total. The number of halogens is 1. The molecule has 92 valence electrons. The molecule has 0 aliphatic carbocycles. The number of aromatic nitrogens is 2. The zero-order valence-corrected chi connectivity index (χ0v) is 10.1. The molecule has 0 fully saturated rings. The van der Waals surface area contributed by atoms with E-state index in [1.807, 2.05) is 18.5 Å². The molecule has 3 heteroatoms. The third kappa shape index (κ3) is 3.23. The standard InChI is InChI=1S/C15H15FN2/c1-2-3-4-5-12-10-17-15(18-11-12)13-6-8-14(16)9-7-13/h2,6-11H,1,3-5H2. The van der Waals surface area contributed by atoms with Crippen LogP contribution in [0.3, 0.4) is 0 Å². The van der Waals surface area contributed by atoms with Gasteiger partial charge in [0.05, 0.1) is 0 Å². The van der Waals surface area contributed by atoms with Crippen LogP contribution in [0, 0.1) is 5.82 Å². The molecule has 0 unspecified atom stereocenters. The molecule has 18 heavy (non-hydrogen) atoms. The molecule has 0 aliphatic rings. The fraction of sp³-hybridized carbons (Fsp3) is 0.200. The van der Waals surface area contributed by atoms with Crippen molar-refractivity contribution in [2.45, 2.75) is 19.3 Å². The van der Waals surface area contributed by atoms with Gasteiger partial charge in [-0.05, 0) is 49.1 Å². The first-order valence-corrected chi connectivity index (χ1v) is 5.97. The molecule has 0 amide bonds. The molecular formula is C15H15FN2. The Bertz CT molecular complexity index is 503. The lowest BCUT2D eigenvalue weighted by Crippen LogP contribution is -1.93. The van der Waals surface area contributed by atoms with E-state index in [0.717, 1.165) is 30.4 Å². The minimum Gasteiger partial charge on any atom is -0.236 e. The highest BCUT2D eigenvalue weighted by Crippen LogP contribution is 2.15. The van der Waals surface area contributed by atoms with Crippen molar-refractivity contribution in [3.63, 3.8) is 0 Å². The minimum atomic E-state index is -0.250. The smallest absolute Gasteiger partial charge is 0.159 e. The summed E-state index contributed by atoms with van der Waals surface area (Å²) in [6.07, 6.45) is 8.58. The topological polar surface area (TPSA) is 25.8 Å². The van der Waals surface area contributed by atoms with Crippen molar-refractivity contribution < 1.29 is 4.39 Å². The number of nitrogens with zero attached hydrogens (tertiary/aromatic N) is 2. The summed E-state index contributed by atoms with van der Waals surface area (Å²) in [5, 5.41) is 0. The van der Waals surface area contributed by atoms with E-state index in [4.69, 9.17) is 0 Å². The maximum absolute atomic E-state index is 12.8.